The number of nitrogens with one attached hydrogen (secondary N) is 1. The van der Waals surface area contributed by atoms with Gasteiger partial charge in [0.15, 0.2) is 11.5 Å². The zero-order valence-electron chi connectivity index (χ0n) is 20.8. The van der Waals surface area contributed by atoms with Gasteiger partial charge in [0.25, 0.3) is 5.91 Å². The summed E-state index contributed by atoms with van der Waals surface area (Å²) in [4.78, 5) is 18.1. The number of methoxy groups -OCH3 is 2. The van der Waals surface area contributed by atoms with E-state index in [1.54, 1.807) is 18.9 Å². The molecule has 0 spiro atoms. The first-order chi connectivity index (χ1) is 16.8. The van der Waals surface area contributed by atoms with Crippen molar-refractivity contribution in [2.45, 2.75) is 34.1 Å². The molecule has 0 aliphatic heterocycles. The van der Waals surface area contributed by atoms with Gasteiger partial charge in [-0.25, -0.2) is 9.67 Å². The van der Waals surface area contributed by atoms with Crippen LogP contribution < -0.4 is 14.8 Å². The molecule has 182 valence electrons. The van der Waals surface area contributed by atoms with E-state index in [4.69, 9.17) is 9.47 Å². The molecular weight excluding hydrogens is 462 g/mol. The van der Waals surface area contributed by atoms with Gasteiger partial charge in [-0.05, 0) is 75.1 Å². The third kappa shape index (κ3) is 5.05. The summed E-state index contributed by atoms with van der Waals surface area (Å²) in [6.07, 6.45) is 0.667. The first kappa shape index (κ1) is 24.4. The van der Waals surface area contributed by atoms with Crippen LogP contribution >= 0.6 is 11.3 Å². The van der Waals surface area contributed by atoms with Gasteiger partial charge in [-0.15, -0.1) is 16.4 Å². The molecule has 0 atom stereocenters. The van der Waals surface area contributed by atoms with Crippen LogP contribution in [0.3, 0.4) is 0 Å². The summed E-state index contributed by atoms with van der Waals surface area (Å²) in [7, 11) is 3.21. The van der Waals surface area contributed by atoms with Gasteiger partial charge in [-0.2, -0.15) is 0 Å². The third-order valence-corrected chi connectivity index (χ3v) is 7.15. The number of amides is 1. The number of thiazole rings is 1. The lowest BCUT2D eigenvalue weighted by molar-refractivity contribution is 0.0957. The van der Waals surface area contributed by atoms with Crippen LogP contribution in [0.25, 0.3) is 16.4 Å². The van der Waals surface area contributed by atoms with Crippen molar-refractivity contribution < 1.29 is 14.3 Å². The number of rotatable bonds is 8. The van der Waals surface area contributed by atoms with Crippen molar-refractivity contribution in [1.82, 2.24) is 25.3 Å². The summed E-state index contributed by atoms with van der Waals surface area (Å²) in [6, 6.07) is 11.9. The van der Waals surface area contributed by atoms with Crippen molar-refractivity contribution >= 4 is 17.2 Å². The van der Waals surface area contributed by atoms with Crippen molar-refractivity contribution in [1.29, 1.82) is 0 Å². The lowest BCUT2D eigenvalue weighted by Gasteiger charge is -2.10. The molecule has 1 amide bonds. The topological polar surface area (TPSA) is 91.2 Å². The Bertz CT molecular complexity index is 1380. The van der Waals surface area contributed by atoms with Crippen LogP contribution in [0.15, 0.2) is 36.4 Å². The molecule has 0 aliphatic carbocycles. The molecule has 0 unspecified atom stereocenters. The second-order valence-electron chi connectivity index (χ2n) is 8.33. The number of aryl methyl sites for hydroxylation is 3. The molecule has 2 aromatic carbocycles. The van der Waals surface area contributed by atoms with Crippen LogP contribution in [-0.2, 0) is 6.42 Å². The summed E-state index contributed by atoms with van der Waals surface area (Å²) < 4.78 is 12.4. The number of benzene rings is 2. The SMILES string of the molecule is COc1ccc(CCNC(=O)c2sc(-c3nnn(-c4ccc(C)c(C)c4)c3C)nc2C)cc1OC. The lowest BCUT2D eigenvalue weighted by atomic mass is 10.1. The first-order valence-electron chi connectivity index (χ1n) is 11.3. The zero-order valence-corrected chi connectivity index (χ0v) is 21.6. The molecule has 4 rings (SSSR count). The van der Waals surface area contributed by atoms with Crippen LogP contribution in [0.4, 0.5) is 0 Å². The molecule has 0 fully saturated rings. The van der Waals surface area contributed by atoms with Crippen molar-refractivity contribution in [3.05, 3.63) is 69.4 Å². The predicted octanol–water partition coefficient (Wildman–Crippen LogP) is 4.61. The Labute approximate surface area is 208 Å². The summed E-state index contributed by atoms with van der Waals surface area (Å²) >= 11 is 1.33. The molecule has 0 saturated carbocycles. The van der Waals surface area contributed by atoms with Gasteiger partial charge in [0.1, 0.15) is 15.6 Å². The van der Waals surface area contributed by atoms with Crippen LogP contribution in [0.1, 0.15) is 37.7 Å². The van der Waals surface area contributed by atoms with Crippen LogP contribution in [0.2, 0.25) is 0 Å². The van der Waals surface area contributed by atoms with Crippen molar-refractivity contribution in [2.75, 3.05) is 20.8 Å². The van der Waals surface area contributed by atoms with Gasteiger partial charge in [0.05, 0.1) is 31.3 Å². The van der Waals surface area contributed by atoms with E-state index in [9.17, 15) is 4.79 Å². The third-order valence-electron chi connectivity index (χ3n) is 5.98. The van der Waals surface area contributed by atoms with Crippen LogP contribution in [-0.4, -0.2) is 46.6 Å². The standard InChI is InChI=1S/C26H29N5O3S/c1-15-7-9-20(13-16(15)2)31-18(4)23(29-30-31)26-28-17(3)24(35-26)25(32)27-12-11-19-8-10-21(33-5)22(14-19)34-6/h7-10,13-14H,11-12H2,1-6H3,(H,27,32). The maximum atomic E-state index is 12.9. The van der Waals surface area contributed by atoms with E-state index in [-0.39, 0.29) is 5.91 Å². The van der Waals surface area contributed by atoms with Crippen molar-refractivity contribution in [3.63, 3.8) is 0 Å². The molecular formula is C26H29N5O3S. The second-order valence-corrected chi connectivity index (χ2v) is 9.33. The molecule has 0 saturated heterocycles. The molecule has 0 aliphatic rings. The number of hydrogen-bond donors (Lipinski definition) is 1. The largest absolute Gasteiger partial charge is 0.493 e. The molecule has 0 bridgehead atoms. The maximum absolute atomic E-state index is 12.9. The fourth-order valence-corrected chi connectivity index (χ4v) is 4.79. The van der Waals surface area contributed by atoms with Crippen LogP contribution in [0, 0.1) is 27.7 Å². The van der Waals surface area contributed by atoms with Gasteiger partial charge < -0.3 is 14.8 Å². The maximum Gasteiger partial charge on any atom is 0.263 e. The zero-order chi connectivity index (χ0) is 25.1. The molecule has 2 aromatic heterocycles. The highest BCUT2D eigenvalue weighted by molar-refractivity contribution is 7.17. The Balaban J connectivity index is 1.46. The van der Waals surface area contributed by atoms with E-state index >= 15 is 0 Å². The average molecular weight is 492 g/mol. The average Bonchev–Trinajstić information content (AvgIpc) is 3.42. The van der Waals surface area contributed by atoms with Gasteiger partial charge in [0, 0.05) is 6.54 Å². The summed E-state index contributed by atoms with van der Waals surface area (Å²) in [5.74, 6) is 1.20. The minimum atomic E-state index is -0.147. The molecule has 9 heteroatoms. The highest BCUT2D eigenvalue weighted by atomic mass is 32.1. The molecule has 35 heavy (non-hydrogen) atoms. The van der Waals surface area contributed by atoms with Gasteiger partial charge in [-0.3, -0.25) is 4.79 Å². The smallest absolute Gasteiger partial charge is 0.263 e. The lowest BCUT2D eigenvalue weighted by Crippen LogP contribution is -2.25. The van der Waals surface area contributed by atoms with Crippen molar-refractivity contribution in [2.24, 2.45) is 0 Å². The number of ether oxygens (including phenoxy) is 2. The van der Waals surface area contributed by atoms with E-state index < -0.39 is 0 Å². The van der Waals surface area contributed by atoms with Gasteiger partial charge >= 0.3 is 0 Å². The molecule has 1 N–H and O–H groups in total. The molecule has 2 heterocycles. The monoisotopic (exact) mass is 491 g/mol. The van der Waals surface area contributed by atoms with Crippen LogP contribution in [0.5, 0.6) is 11.5 Å². The van der Waals surface area contributed by atoms with Crippen molar-refractivity contribution in [3.8, 4) is 27.9 Å². The summed E-state index contributed by atoms with van der Waals surface area (Å²) in [6.45, 7) is 8.45. The number of nitrogens with zero attached hydrogens (tertiary/aromatic N) is 4. The second kappa shape index (κ2) is 10.3. The molecule has 8 nitrogen and oxygen atoms in total. The van der Waals surface area contributed by atoms with E-state index in [1.807, 2.05) is 38.1 Å². The Morgan fingerprint density at radius 2 is 1.77 bits per heavy atom. The highest BCUT2D eigenvalue weighted by Gasteiger charge is 2.21. The number of carbonyl (C=O) groups is 1. The summed E-state index contributed by atoms with van der Waals surface area (Å²) in [5, 5.41) is 12.4. The highest BCUT2D eigenvalue weighted by Crippen LogP contribution is 2.30. The van der Waals surface area contributed by atoms with E-state index in [0.717, 1.165) is 16.9 Å². The minimum absolute atomic E-state index is 0.147. The first-order valence-corrected chi connectivity index (χ1v) is 12.1. The minimum Gasteiger partial charge on any atom is -0.493 e. The van der Waals surface area contributed by atoms with E-state index in [0.29, 0.717) is 45.7 Å². The van der Waals surface area contributed by atoms with Gasteiger partial charge in [0.2, 0.25) is 0 Å². The molecule has 4 aromatic rings. The summed E-state index contributed by atoms with van der Waals surface area (Å²) in [5.41, 5.74) is 6.64. The number of hydrogen-bond acceptors (Lipinski definition) is 7. The predicted molar refractivity (Wildman–Crippen MR) is 137 cm³/mol. The Morgan fingerprint density at radius 1 is 1.00 bits per heavy atom. The number of carbonyl (C=O) groups excluding carboxylic acids is 1. The van der Waals surface area contributed by atoms with Gasteiger partial charge in [-0.1, -0.05) is 17.3 Å². The fraction of sp³-hybridized carbons (Fsp3) is 0.308. The normalized spacial score (nSPS) is 10.9. The Morgan fingerprint density at radius 3 is 2.49 bits per heavy atom. The quantitative estimate of drug-likeness (QED) is 0.387. The Hall–Kier alpha value is -3.72. The van der Waals surface area contributed by atoms with E-state index in [2.05, 4.69) is 46.6 Å². The number of aromatic nitrogens is 4. The molecule has 0 radical (unpaired) electrons. The van der Waals surface area contributed by atoms with E-state index in [1.165, 1.54) is 22.5 Å². The Kier molecular flexibility index (Phi) is 7.16. The fourth-order valence-electron chi connectivity index (χ4n) is 3.77.